The van der Waals surface area contributed by atoms with E-state index in [1.807, 2.05) is 24.3 Å². The van der Waals surface area contributed by atoms with Gasteiger partial charge < -0.3 is 19.5 Å². The molecule has 0 saturated carbocycles. The first kappa shape index (κ1) is 16.6. The summed E-state index contributed by atoms with van der Waals surface area (Å²) in [5, 5.41) is 4.06. The first-order valence-corrected chi connectivity index (χ1v) is 9.10. The zero-order valence-corrected chi connectivity index (χ0v) is 15.0. The summed E-state index contributed by atoms with van der Waals surface area (Å²) in [6, 6.07) is 11.8. The van der Waals surface area contributed by atoms with Crippen molar-refractivity contribution in [3.63, 3.8) is 0 Å². The number of nitrogens with one attached hydrogen (secondary N) is 1. The monoisotopic (exact) mass is 359 g/mol. The van der Waals surface area contributed by atoms with Gasteiger partial charge in [0.05, 0.1) is 7.11 Å². The van der Waals surface area contributed by atoms with Crippen molar-refractivity contribution in [3.05, 3.63) is 52.5 Å². The van der Waals surface area contributed by atoms with E-state index in [2.05, 4.69) is 17.4 Å². The van der Waals surface area contributed by atoms with E-state index in [-0.39, 0.29) is 6.10 Å². The molecule has 0 spiro atoms. The van der Waals surface area contributed by atoms with Crippen molar-refractivity contribution in [1.82, 2.24) is 5.32 Å². The lowest BCUT2D eigenvalue weighted by Gasteiger charge is -2.32. The van der Waals surface area contributed by atoms with Crippen LogP contribution in [0, 0.1) is 0 Å². The number of halogens is 1. The van der Waals surface area contributed by atoms with Crippen LogP contribution in [0.3, 0.4) is 0 Å². The summed E-state index contributed by atoms with van der Waals surface area (Å²) in [4.78, 5) is 0. The van der Waals surface area contributed by atoms with Gasteiger partial charge in [0.1, 0.15) is 12.4 Å². The highest BCUT2D eigenvalue weighted by molar-refractivity contribution is 6.30. The van der Waals surface area contributed by atoms with Crippen LogP contribution in [-0.4, -0.2) is 26.8 Å². The molecular formula is C20H22ClNO3. The number of ether oxygens (including phenoxy) is 3. The van der Waals surface area contributed by atoms with Gasteiger partial charge in [-0.25, -0.2) is 0 Å². The molecule has 0 bridgehead atoms. The van der Waals surface area contributed by atoms with E-state index in [9.17, 15) is 0 Å². The Balaban J connectivity index is 1.66. The number of hydrogen-bond acceptors (Lipinski definition) is 4. The SMILES string of the molecule is COc1cc(Cl)ccc1[C@H]1COc2cccc(C3CCNCC3)c2O1. The predicted octanol–water partition coefficient (Wildman–Crippen LogP) is 4.33. The molecule has 5 heteroatoms. The number of piperidine rings is 1. The van der Waals surface area contributed by atoms with Gasteiger partial charge in [-0.2, -0.15) is 0 Å². The van der Waals surface area contributed by atoms with Crippen molar-refractivity contribution in [1.29, 1.82) is 0 Å². The highest BCUT2D eigenvalue weighted by Crippen LogP contribution is 2.45. The largest absolute Gasteiger partial charge is 0.496 e. The molecule has 2 heterocycles. The highest BCUT2D eigenvalue weighted by atomic mass is 35.5. The van der Waals surface area contributed by atoms with Gasteiger partial charge in [0.25, 0.3) is 0 Å². The van der Waals surface area contributed by atoms with Gasteiger partial charge >= 0.3 is 0 Å². The molecule has 2 aliphatic heterocycles. The number of fused-ring (bicyclic) bond motifs is 1. The first-order valence-electron chi connectivity index (χ1n) is 8.73. The van der Waals surface area contributed by atoms with Gasteiger partial charge in [0.2, 0.25) is 0 Å². The van der Waals surface area contributed by atoms with Crippen molar-refractivity contribution in [2.45, 2.75) is 24.9 Å². The van der Waals surface area contributed by atoms with Gasteiger partial charge in [-0.05, 0) is 56.1 Å². The summed E-state index contributed by atoms with van der Waals surface area (Å²) < 4.78 is 17.9. The van der Waals surface area contributed by atoms with Crippen molar-refractivity contribution >= 4 is 11.6 Å². The van der Waals surface area contributed by atoms with Crippen LogP contribution < -0.4 is 19.5 Å². The topological polar surface area (TPSA) is 39.7 Å². The molecule has 132 valence electrons. The Labute approximate surface area is 153 Å². The molecule has 1 saturated heterocycles. The Morgan fingerprint density at radius 1 is 1.12 bits per heavy atom. The van der Waals surface area contributed by atoms with Gasteiger partial charge in [-0.3, -0.25) is 0 Å². The third kappa shape index (κ3) is 3.29. The minimum Gasteiger partial charge on any atom is -0.496 e. The number of methoxy groups -OCH3 is 1. The van der Waals surface area contributed by atoms with E-state index in [0.29, 0.717) is 17.5 Å². The maximum absolute atomic E-state index is 6.42. The van der Waals surface area contributed by atoms with E-state index in [1.165, 1.54) is 5.56 Å². The van der Waals surface area contributed by atoms with Crippen LogP contribution >= 0.6 is 11.6 Å². The molecule has 2 aromatic rings. The third-order valence-electron chi connectivity index (χ3n) is 4.98. The summed E-state index contributed by atoms with van der Waals surface area (Å²) >= 11 is 6.08. The summed E-state index contributed by atoms with van der Waals surface area (Å²) in [6.07, 6.45) is 2.03. The average molecular weight is 360 g/mol. The average Bonchev–Trinajstić information content (AvgIpc) is 2.67. The molecule has 1 N–H and O–H groups in total. The lowest BCUT2D eigenvalue weighted by molar-refractivity contribution is 0.0871. The highest BCUT2D eigenvalue weighted by Gasteiger charge is 2.29. The van der Waals surface area contributed by atoms with E-state index in [4.69, 9.17) is 25.8 Å². The van der Waals surface area contributed by atoms with Crippen LogP contribution in [0.15, 0.2) is 36.4 Å². The van der Waals surface area contributed by atoms with Crippen molar-refractivity contribution in [2.24, 2.45) is 0 Å². The standard InChI is InChI=1S/C20H22ClNO3/c1-23-18-11-14(21)5-6-16(18)19-12-24-17-4-2-3-15(20(17)25-19)13-7-9-22-10-8-13/h2-6,11,13,19,22H,7-10,12H2,1H3/t19-/m1/s1. The number of para-hydroxylation sites is 1. The van der Waals surface area contributed by atoms with Crippen molar-refractivity contribution in [2.75, 3.05) is 26.8 Å². The quantitative estimate of drug-likeness (QED) is 0.885. The van der Waals surface area contributed by atoms with Crippen LogP contribution in [0.4, 0.5) is 0 Å². The summed E-state index contributed by atoms with van der Waals surface area (Å²) in [7, 11) is 1.65. The Bertz CT molecular complexity index is 759. The molecule has 2 aliphatic rings. The fourth-order valence-electron chi connectivity index (χ4n) is 3.67. The maximum Gasteiger partial charge on any atom is 0.165 e. The molecule has 25 heavy (non-hydrogen) atoms. The molecule has 2 aromatic carbocycles. The Morgan fingerprint density at radius 2 is 1.96 bits per heavy atom. The molecule has 0 aromatic heterocycles. The fraction of sp³-hybridized carbons (Fsp3) is 0.400. The Morgan fingerprint density at radius 3 is 2.76 bits per heavy atom. The smallest absolute Gasteiger partial charge is 0.165 e. The summed E-state index contributed by atoms with van der Waals surface area (Å²) in [5.74, 6) is 2.94. The van der Waals surface area contributed by atoms with Crippen LogP contribution in [-0.2, 0) is 0 Å². The van der Waals surface area contributed by atoms with Crippen LogP contribution in [0.1, 0.15) is 36.0 Å². The van der Waals surface area contributed by atoms with Crippen LogP contribution in [0.25, 0.3) is 0 Å². The Hall–Kier alpha value is -1.91. The van der Waals surface area contributed by atoms with E-state index >= 15 is 0 Å². The van der Waals surface area contributed by atoms with Gasteiger partial charge in [-0.1, -0.05) is 23.7 Å². The van der Waals surface area contributed by atoms with Crippen molar-refractivity contribution in [3.8, 4) is 17.2 Å². The van der Waals surface area contributed by atoms with E-state index in [0.717, 1.165) is 48.7 Å². The first-order chi connectivity index (χ1) is 12.3. The minimum absolute atomic E-state index is 0.206. The number of hydrogen-bond donors (Lipinski definition) is 1. The molecule has 1 fully saturated rings. The molecular weight excluding hydrogens is 338 g/mol. The summed E-state index contributed by atoms with van der Waals surface area (Å²) in [6.45, 7) is 2.55. The molecule has 4 rings (SSSR count). The minimum atomic E-state index is -0.206. The van der Waals surface area contributed by atoms with E-state index in [1.54, 1.807) is 7.11 Å². The normalized spacial score (nSPS) is 20.3. The molecule has 0 radical (unpaired) electrons. The van der Waals surface area contributed by atoms with E-state index < -0.39 is 0 Å². The number of benzene rings is 2. The zero-order chi connectivity index (χ0) is 17.2. The molecule has 0 amide bonds. The molecule has 0 unspecified atom stereocenters. The lowest BCUT2D eigenvalue weighted by atomic mass is 9.89. The Kier molecular flexibility index (Phi) is 4.73. The fourth-order valence-corrected chi connectivity index (χ4v) is 3.84. The maximum atomic E-state index is 6.42. The second kappa shape index (κ2) is 7.14. The van der Waals surface area contributed by atoms with Gasteiger partial charge in [0.15, 0.2) is 17.6 Å². The van der Waals surface area contributed by atoms with Gasteiger partial charge in [-0.15, -0.1) is 0 Å². The van der Waals surface area contributed by atoms with Gasteiger partial charge in [0, 0.05) is 16.1 Å². The predicted molar refractivity (Wildman–Crippen MR) is 98.2 cm³/mol. The van der Waals surface area contributed by atoms with Crippen LogP contribution in [0.2, 0.25) is 5.02 Å². The zero-order valence-electron chi connectivity index (χ0n) is 14.3. The second-order valence-electron chi connectivity index (χ2n) is 6.50. The molecule has 1 atom stereocenters. The number of rotatable bonds is 3. The lowest BCUT2D eigenvalue weighted by Crippen LogP contribution is -2.28. The third-order valence-corrected chi connectivity index (χ3v) is 5.22. The summed E-state index contributed by atoms with van der Waals surface area (Å²) in [5.41, 5.74) is 2.20. The van der Waals surface area contributed by atoms with Crippen molar-refractivity contribution < 1.29 is 14.2 Å². The second-order valence-corrected chi connectivity index (χ2v) is 6.94. The molecule has 0 aliphatic carbocycles. The van der Waals surface area contributed by atoms with Crippen LogP contribution in [0.5, 0.6) is 17.2 Å². The molecule has 4 nitrogen and oxygen atoms in total.